The normalized spacial score (nSPS) is 10.8. The van der Waals surface area contributed by atoms with E-state index in [0.29, 0.717) is 0 Å². The van der Waals surface area contributed by atoms with Crippen molar-refractivity contribution in [3.05, 3.63) is 64.8 Å². The predicted octanol–water partition coefficient (Wildman–Crippen LogP) is 5.07. The van der Waals surface area contributed by atoms with Crippen LogP contribution in [-0.2, 0) is 0 Å². The highest BCUT2D eigenvalue weighted by Crippen LogP contribution is 2.27. The number of benzene rings is 2. The zero-order valence-corrected chi connectivity index (χ0v) is 13.1. The molecule has 3 rings (SSSR count). The van der Waals surface area contributed by atoms with E-state index in [9.17, 15) is 0 Å². The lowest BCUT2D eigenvalue weighted by molar-refractivity contribution is 1.08. The Bertz CT molecular complexity index is 768. The first-order valence-corrected chi connectivity index (χ1v) is 7.30. The fourth-order valence-electron chi connectivity index (χ4n) is 2.24. The maximum Gasteiger partial charge on any atom is 0.133 e. The van der Waals surface area contributed by atoms with Gasteiger partial charge in [-0.1, -0.05) is 30.3 Å². The molecule has 0 amide bonds. The van der Waals surface area contributed by atoms with Crippen LogP contribution in [0.5, 0.6) is 0 Å². The van der Waals surface area contributed by atoms with Crippen molar-refractivity contribution in [3.63, 3.8) is 0 Å². The van der Waals surface area contributed by atoms with E-state index in [-0.39, 0.29) is 0 Å². The number of hydrogen-bond donors (Lipinski definition) is 0. The summed E-state index contributed by atoms with van der Waals surface area (Å²) >= 11 is 3.49. The van der Waals surface area contributed by atoms with Crippen LogP contribution in [0.1, 0.15) is 5.69 Å². The minimum atomic E-state index is 0.945. The van der Waals surface area contributed by atoms with Crippen molar-refractivity contribution >= 4 is 38.2 Å². The highest BCUT2D eigenvalue weighted by atomic mass is 79.9. The van der Waals surface area contributed by atoms with Crippen LogP contribution in [0, 0.1) is 6.92 Å². The lowest BCUT2D eigenvalue weighted by Crippen LogP contribution is -2.11. The molecule has 0 bridgehead atoms. The molecule has 100 valence electrons. The fraction of sp³-hybridized carbons (Fsp3) is 0.118. The quantitative estimate of drug-likeness (QED) is 0.653. The first kappa shape index (κ1) is 13.1. The van der Waals surface area contributed by atoms with Crippen molar-refractivity contribution in [2.45, 2.75) is 6.92 Å². The molecule has 1 aromatic heterocycles. The highest BCUT2D eigenvalue weighted by Gasteiger charge is 2.07. The van der Waals surface area contributed by atoms with E-state index in [1.54, 1.807) is 0 Å². The molecule has 0 aliphatic rings. The fourth-order valence-corrected chi connectivity index (χ4v) is 2.46. The van der Waals surface area contributed by atoms with Crippen molar-refractivity contribution < 1.29 is 0 Å². The van der Waals surface area contributed by atoms with Gasteiger partial charge in [-0.05, 0) is 57.9 Å². The number of anilines is 2. The minimum absolute atomic E-state index is 0.945. The molecule has 0 spiro atoms. The van der Waals surface area contributed by atoms with E-state index in [4.69, 9.17) is 0 Å². The van der Waals surface area contributed by atoms with Crippen molar-refractivity contribution in [3.8, 4) is 0 Å². The molecule has 20 heavy (non-hydrogen) atoms. The van der Waals surface area contributed by atoms with Crippen LogP contribution in [0.15, 0.2) is 59.1 Å². The van der Waals surface area contributed by atoms with Crippen LogP contribution < -0.4 is 4.90 Å². The number of halogens is 1. The molecule has 0 unspecified atom stereocenters. The second-order valence-electron chi connectivity index (χ2n) is 4.83. The summed E-state index contributed by atoms with van der Waals surface area (Å²) in [5.41, 5.74) is 2.13. The molecule has 0 fully saturated rings. The average molecular weight is 327 g/mol. The van der Waals surface area contributed by atoms with Gasteiger partial charge < -0.3 is 4.90 Å². The summed E-state index contributed by atoms with van der Waals surface area (Å²) in [6.45, 7) is 2.00. The molecule has 3 heteroatoms. The zero-order valence-electron chi connectivity index (χ0n) is 11.5. The van der Waals surface area contributed by atoms with Gasteiger partial charge in [0.15, 0.2) is 0 Å². The molecule has 0 aliphatic carbocycles. The number of aromatic nitrogens is 1. The van der Waals surface area contributed by atoms with Gasteiger partial charge in [0.05, 0.1) is 5.69 Å². The van der Waals surface area contributed by atoms with Crippen LogP contribution in [0.4, 0.5) is 11.5 Å². The Morgan fingerprint density at radius 1 is 0.950 bits per heavy atom. The summed E-state index contributed by atoms with van der Waals surface area (Å²) in [5.74, 6) is 0.945. The lowest BCUT2D eigenvalue weighted by Gasteiger charge is -2.19. The van der Waals surface area contributed by atoms with Crippen LogP contribution in [0.3, 0.4) is 0 Å². The lowest BCUT2D eigenvalue weighted by atomic mass is 10.1. The van der Waals surface area contributed by atoms with E-state index < -0.39 is 0 Å². The summed E-state index contributed by atoms with van der Waals surface area (Å²) in [7, 11) is 2.04. The Hall–Kier alpha value is -1.87. The Labute approximate surface area is 127 Å². The van der Waals surface area contributed by atoms with E-state index in [2.05, 4.69) is 68.3 Å². The smallest absolute Gasteiger partial charge is 0.133 e. The molecule has 0 saturated carbocycles. The number of hydrogen-bond acceptors (Lipinski definition) is 2. The number of fused-ring (bicyclic) bond motifs is 1. The second kappa shape index (κ2) is 5.25. The number of pyridine rings is 1. The van der Waals surface area contributed by atoms with E-state index in [0.717, 1.165) is 21.7 Å². The molecule has 0 radical (unpaired) electrons. The minimum Gasteiger partial charge on any atom is -0.329 e. The predicted molar refractivity (Wildman–Crippen MR) is 88.7 cm³/mol. The number of aryl methyl sites for hydroxylation is 1. The molecular formula is C17H15BrN2. The van der Waals surface area contributed by atoms with Crippen LogP contribution in [-0.4, -0.2) is 12.0 Å². The van der Waals surface area contributed by atoms with Gasteiger partial charge in [-0.25, -0.2) is 4.98 Å². The third-order valence-electron chi connectivity index (χ3n) is 3.47. The Kier molecular flexibility index (Phi) is 3.45. The molecule has 0 N–H and O–H groups in total. The molecule has 0 atom stereocenters. The molecule has 0 saturated heterocycles. The topological polar surface area (TPSA) is 16.1 Å². The van der Waals surface area contributed by atoms with E-state index >= 15 is 0 Å². The monoisotopic (exact) mass is 326 g/mol. The second-order valence-corrected chi connectivity index (χ2v) is 5.68. The van der Waals surface area contributed by atoms with Crippen LogP contribution in [0.2, 0.25) is 0 Å². The summed E-state index contributed by atoms with van der Waals surface area (Å²) in [6, 6.07) is 18.9. The van der Waals surface area contributed by atoms with Crippen molar-refractivity contribution in [1.29, 1.82) is 0 Å². The van der Waals surface area contributed by atoms with Crippen molar-refractivity contribution in [2.24, 2.45) is 0 Å². The summed E-state index contributed by atoms with van der Waals surface area (Å²) in [4.78, 5) is 6.71. The van der Waals surface area contributed by atoms with Crippen molar-refractivity contribution in [1.82, 2.24) is 4.98 Å². The van der Waals surface area contributed by atoms with Gasteiger partial charge in [-0.3, -0.25) is 0 Å². The van der Waals surface area contributed by atoms with Gasteiger partial charge in [0.1, 0.15) is 5.82 Å². The molecule has 2 aromatic carbocycles. The van der Waals surface area contributed by atoms with Gasteiger partial charge in [0.25, 0.3) is 0 Å². The molecule has 3 aromatic rings. The van der Waals surface area contributed by atoms with Gasteiger partial charge >= 0.3 is 0 Å². The van der Waals surface area contributed by atoms with Gasteiger partial charge in [0, 0.05) is 17.2 Å². The van der Waals surface area contributed by atoms with Crippen LogP contribution in [0.25, 0.3) is 10.8 Å². The summed E-state index contributed by atoms with van der Waals surface area (Å²) < 4.78 is 1.04. The number of rotatable bonds is 2. The van der Waals surface area contributed by atoms with Gasteiger partial charge in [-0.2, -0.15) is 0 Å². The third kappa shape index (κ3) is 2.41. The zero-order chi connectivity index (χ0) is 14.1. The Morgan fingerprint density at radius 2 is 1.70 bits per heavy atom. The molecular weight excluding hydrogens is 312 g/mol. The maximum absolute atomic E-state index is 4.61. The standard InChI is InChI=1S/C17H15BrN2/c1-12-16(18)9-10-17(19-12)20(2)15-8-7-13-5-3-4-6-14(13)11-15/h3-11H,1-2H3. The highest BCUT2D eigenvalue weighted by molar-refractivity contribution is 9.10. The van der Waals surface area contributed by atoms with Crippen molar-refractivity contribution in [2.75, 3.05) is 11.9 Å². The summed E-state index contributed by atoms with van der Waals surface area (Å²) in [5, 5.41) is 2.50. The van der Waals surface area contributed by atoms with Gasteiger partial charge in [-0.15, -0.1) is 0 Å². The first-order valence-electron chi connectivity index (χ1n) is 6.51. The Balaban J connectivity index is 2.02. The first-order chi connectivity index (χ1) is 9.65. The molecule has 2 nitrogen and oxygen atoms in total. The molecule has 0 aliphatic heterocycles. The Morgan fingerprint density at radius 3 is 2.45 bits per heavy atom. The third-order valence-corrected chi connectivity index (χ3v) is 4.31. The molecule has 1 heterocycles. The number of nitrogens with zero attached hydrogens (tertiary/aromatic N) is 2. The SMILES string of the molecule is Cc1nc(N(C)c2ccc3ccccc3c2)ccc1Br. The average Bonchev–Trinajstić information content (AvgIpc) is 2.49. The largest absolute Gasteiger partial charge is 0.329 e. The van der Waals surface area contributed by atoms with Crippen LogP contribution >= 0.6 is 15.9 Å². The van der Waals surface area contributed by atoms with E-state index in [1.807, 2.05) is 26.1 Å². The maximum atomic E-state index is 4.61. The summed E-state index contributed by atoms with van der Waals surface area (Å²) in [6.07, 6.45) is 0. The van der Waals surface area contributed by atoms with E-state index in [1.165, 1.54) is 10.8 Å². The van der Waals surface area contributed by atoms with Gasteiger partial charge in [0.2, 0.25) is 0 Å².